The van der Waals surface area contributed by atoms with E-state index in [2.05, 4.69) is 10.0 Å². The smallest absolute Gasteiger partial charge is 0.287 e. The van der Waals surface area contributed by atoms with Gasteiger partial charge in [0.2, 0.25) is 10.0 Å². The summed E-state index contributed by atoms with van der Waals surface area (Å²) in [6.45, 7) is 4.37. The summed E-state index contributed by atoms with van der Waals surface area (Å²) in [5, 5.41) is 2.66. The molecule has 0 saturated heterocycles. The van der Waals surface area contributed by atoms with Gasteiger partial charge in [0.05, 0.1) is 17.7 Å². The number of rotatable bonds is 8. The van der Waals surface area contributed by atoms with Crippen LogP contribution in [-0.2, 0) is 10.0 Å². The van der Waals surface area contributed by atoms with Crippen LogP contribution in [0.5, 0.6) is 5.75 Å². The van der Waals surface area contributed by atoms with E-state index in [-0.39, 0.29) is 23.2 Å². The highest BCUT2D eigenvalue weighted by Crippen LogP contribution is 2.21. The van der Waals surface area contributed by atoms with Crippen LogP contribution >= 0.6 is 0 Å². The fraction of sp³-hybridized carbons (Fsp3) is 0.312. The highest BCUT2D eigenvalue weighted by Gasteiger charge is 2.14. The summed E-state index contributed by atoms with van der Waals surface area (Å²) in [6, 6.07) is 7.85. The van der Waals surface area contributed by atoms with Crippen molar-refractivity contribution in [3.8, 4) is 5.75 Å². The van der Waals surface area contributed by atoms with Crippen molar-refractivity contribution in [1.82, 2.24) is 10.0 Å². The zero-order valence-electron chi connectivity index (χ0n) is 13.5. The summed E-state index contributed by atoms with van der Waals surface area (Å²) in [7, 11) is -3.48. The van der Waals surface area contributed by atoms with Gasteiger partial charge in [-0.1, -0.05) is 6.92 Å². The normalized spacial score (nSPS) is 11.2. The topological polar surface area (TPSA) is 97.6 Å². The molecule has 1 aromatic carbocycles. The molecule has 1 aromatic heterocycles. The molecule has 2 N–H and O–H groups in total. The molecule has 0 bridgehead atoms. The third kappa shape index (κ3) is 4.59. The van der Waals surface area contributed by atoms with E-state index in [9.17, 15) is 13.2 Å². The van der Waals surface area contributed by atoms with Crippen LogP contribution in [0.15, 0.2) is 45.9 Å². The third-order valence-electron chi connectivity index (χ3n) is 3.18. The van der Waals surface area contributed by atoms with Crippen molar-refractivity contribution in [2.75, 3.05) is 19.7 Å². The summed E-state index contributed by atoms with van der Waals surface area (Å²) < 4.78 is 36.9. The summed E-state index contributed by atoms with van der Waals surface area (Å²) in [6.07, 6.45) is 1.43. The average molecular weight is 352 g/mol. The standard InChI is InChI=1S/C16H20N2O5S/c1-3-18-24(20,21)13-6-7-14(12(2)11-13)23-10-8-17-16(19)15-5-4-9-22-15/h4-7,9,11,18H,3,8,10H2,1-2H3,(H,17,19). The van der Waals surface area contributed by atoms with Crippen molar-refractivity contribution in [3.63, 3.8) is 0 Å². The maximum atomic E-state index is 11.9. The maximum absolute atomic E-state index is 11.9. The molecule has 0 atom stereocenters. The van der Waals surface area contributed by atoms with Gasteiger partial charge in [0.25, 0.3) is 5.91 Å². The van der Waals surface area contributed by atoms with Crippen molar-refractivity contribution in [1.29, 1.82) is 0 Å². The van der Waals surface area contributed by atoms with Crippen LogP contribution in [0.3, 0.4) is 0 Å². The predicted octanol–water partition coefficient (Wildman–Crippen LogP) is 1.70. The van der Waals surface area contributed by atoms with Gasteiger partial charge in [-0.25, -0.2) is 13.1 Å². The van der Waals surface area contributed by atoms with E-state index in [0.29, 0.717) is 24.4 Å². The fourth-order valence-electron chi connectivity index (χ4n) is 2.04. The molecule has 0 aliphatic heterocycles. The minimum Gasteiger partial charge on any atom is -0.491 e. The van der Waals surface area contributed by atoms with E-state index >= 15 is 0 Å². The van der Waals surface area contributed by atoms with Crippen LogP contribution in [0.2, 0.25) is 0 Å². The van der Waals surface area contributed by atoms with Crippen LogP contribution < -0.4 is 14.8 Å². The Morgan fingerprint density at radius 2 is 2.08 bits per heavy atom. The molecule has 0 saturated carbocycles. The average Bonchev–Trinajstić information content (AvgIpc) is 3.07. The molecule has 0 aliphatic rings. The summed E-state index contributed by atoms with van der Waals surface area (Å²) in [4.78, 5) is 11.9. The number of ether oxygens (including phenoxy) is 1. The molecule has 2 aromatic rings. The maximum Gasteiger partial charge on any atom is 0.287 e. The molecule has 2 rings (SSSR count). The van der Waals surface area contributed by atoms with Gasteiger partial charge in [-0.3, -0.25) is 4.79 Å². The number of furan rings is 1. The number of nitrogens with one attached hydrogen (secondary N) is 2. The predicted molar refractivity (Wildman–Crippen MR) is 88.6 cm³/mol. The molecule has 0 aliphatic carbocycles. The number of carbonyl (C=O) groups is 1. The third-order valence-corrected chi connectivity index (χ3v) is 4.72. The fourth-order valence-corrected chi connectivity index (χ4v) is 3.17. The minimum absolute atomic E-state index is 0.195. The van der Waals surface area contributed by atoms with Gasteiger partial charge in [-0.15, -0.1) is 0 Å². The summed E-state index contributed by atoms with van der Waals surface area (Å²) in [5.41, 5.74) is 0.700. The molecule has 0 spiro atoms. The van der Waals surface area contributed by atoms with Crippen LogP contribution in [-0.4, -0.2) is 34.0 Å². The molecule has 130 valence electrons. The van der Waals surface area contributed by atoms with Crippen molar-refractivity contribution in [3.05, 3.63) is 47.9 Å². The Morgan fingerprint density at radius 3 is 2.71 bits per heavy atom. The quantitative estimate of drug-likeness (QED) is 0.705. The van der Waals surface area contributed by atoms with Gasteiger partial charge in [-0.05, 0) is 42.8 Å². The lowest BCUT2D eigenvalue weighted by Crippen LogP contribution is -2.27. The lowest BCUT2D eigenvalue weighted by molar-refractivity contribution is 0.0919. The molecule has 0 unspecified atom stereocenters. The van der Waals surface area contributed by atoms with E-state index in [4.69, 9.17) is 9.15 Å². The zero-order chi connectivity index (χ0) is 17.6. The highest BCUT2D eigenvalue weighted by molar-refractivity contribution is 7.89. The molecular weight excluding hydrogens is 332 g/mol. The van der Waals surface area contributed by atoms with E-state index in [1.165, 1.54) is 12.3 Å². The van der Waals surface area contributed by atoms with Crippen LogP contribution in [0, 0.1) is 6.92 Å². The van der Waals surface area contributed by atoms with Crippen molar-refractivity contribution in [2.24, 2.45) is 0 Å². The van der Waals surface area contributed by atoms with E-state index < -0.39 is 10.0 Å². The van der Waals surface area contributed by atoms with Gasteiger partial charge < -0.3 is 14.5 Å². The first-order valence-corrected chi connectivity index (χ1v) is 8.97. The monoisotopic (exact) mass is 352 g/mol. The van der Waals surface area contributed by atoms with Gasteiger partial charge in [0.15, 0.2) is 5.76 Å². The zero-order valence-corrected chi connectivity index (χ0v) is 14.4. The molecular formula is C16H20N2O5S. The second kappa shape index (κ2) is 7.98. The summed E-state index contributed by atoms with van der Waals surface area (Å²) in [5.74, 6) is 0.495. The number of amides is 1. The molecule has 1 amide bonds. The lowest BCUT2D eigenvalue weighted by Gasteiger charge is -2.11. The Kier molecular flexibility index (Phi) is 5.99. The van der Waals surface area contributed by atoms with Crippen molar-refractivity contribution in [2.45, 2.75) is 18.7 Å². The van der Waals surface area contributed by atoms with E-state index in [1.807, 2.05) is 0 Å². The van der Waals surface area contributed by atoms with Crippen LogP contribution in [0.4, 0.5) is 0 Å². The van der Waals surface area contributed by atoms with E-state index in [0.717, 1.165) is 0 Å². The Hall–Kier alpha value is -2.32. The van der Waals surface area contributed by atoms with Gasteiger partial charge >= 0.3 is 0 Å². The van der Waals surface area contributed by atoms with Crippen molar-refractivity contribution < 1.29 is 22.4 Å². The Morgan fingerprint density at radius 1 is 1.29 bits per heavy atom. The number of hydrogen-bond acceptors (Lipinski definition) is 5. The SMILES string of the molecule is CCNS(=O)(=O)c1ccc(OCCNC(=O)c2ccco2)c(C)c1. The second-order valence-electron chi connectivity index (χ2n) is 5.01. The number of benzene rings is 1. The largest absolute Gasteiger partial charge is 0.491 e. The number of sulfonamides is 1. The van der Waals surface area contributed by atoms with Crippen LogP contribution in [0.25, 0.3) is 0 Å². The second-order valence-corrected chi connectivity index (χ2v) is 6.78. The molecule has 8 heteroatoms. The molecule has 0 fully saturated rings. The first kappa shape index (κ1) is 18.0. The molecule has 0 radical (unpaired) electrons. The molecule has 1 heterocycles. The molecule has 24 heavy (non-hydrogen) atoms. The number of aryl methyl sites for hydroxylation is 1. The first-order chi connectivity index (χ1) is 11.4. The van der Waals surface area contributed by atoms with Gasteiger partial charge in [0, 0.05) is 6.54 Å². The van der Waals surface area contributed by atoms with Gasteiger partial charge in [-0.2, -0.15) is 0 Å². The van der Waals surface area contributed by atoms with Crippen molar-refractivity contribution >= 4 is 15.9 Å². The first-order valence-electron chi connectivity index (χ1n) is 7.49. The minimum atomic E-state index is -3.48. The van der Waals surface area contributed by atoms with Crippen LogP contribution in [0.1, 0.15) is 23.0 Å². The Balaban J connectivity index is 1.88. The Labute approximate surface area is 141 Å². The highest BCUT2D eigenvalue weighted by atomic mass is 32.2. The van der Waals surface area contributed by atoms with Gasteiger partial charge in [0.1, 0.15) is 12.4 Å². The van der Waals surface area contributed by atoms with E-state index in [1.54, 1.807) is 38.1 Å². The summed E-state index contributed by atoms with van der Waals surface area (Å²) >= 11 is 0. The Bertz CT molecular complexity index is 785. The number of hydrogen-bond donors (Lipinski definition) is 2. The molecule has 7 nitrogen and oxygen atoms in total. The lowest BCUT2D eigenvalue weighted by atomic mass is 10.2. The number of carbonyl (C=O) groups excluding carboxylic acids is 1.